The van der Waals surface area contributed by atoms with Gasteiger partial charge in [0.25, 0.3) is 0 Å². The van der Waals surface area contributed by atoms with E-state index in [0.29, 0.717) is 0 Å². The number of hydrogen-bond acceptors (Lipinski definition) is 1. The summed E-state index contributed by atoms with van der Waals surface area (Å²) in [6.07, 6.45) is 0. The third kappa shape index (κ3) is 1.98. The second-order valence-electron chi connectivity index (χ2n) is 5.91. The Hall–Kier alpha value is -2.65. The van der Waals surface area contributed by atoms with Gasteiger partial charge < -0.3 is 4.98 Å². The number of fused-ring (bicyclic) bond motifs is 4. The van der Waals surface area contributed by atoms with Gasteiger partial charge in [-0.25, -0.2) is 4.98 Å². The average Bonchev–Trinajstić information content (AvgIpc) is 2.97. The van der Waals surface area contributed by atoms with Crippen molar-refractivity contribution in [1.29, 1.82) is 0 Å². The third-order valence-corrected chi connectivity index (χ3v) is 4.95. The van der Waals surface area contributed by atoms with Gasteiger partial charge in [0.2, 0.25) is 0 Å². The van der Waals surface area contributed by atoms with E-state index >= 15 is 0 Å². The lowest BCUT2D eigenvalue weighted by atomic mass is 9.96. The van der Waals surface area contributed by atoms with Crippen molar-refractivity contribution in [3.63, 3.8) is 0 Å². The Morgan fingerprint density at radius 1 is 0.792 bits per heavy atom. The van der Waals surface area contributed by atoms with Crippen LogP contribution < -0.4 is 0 Å². The quantitative estimate of drug-likeness (QED) is 0.370. The molecule has 0 bridgehead atoms. The normalized spacial score (nSPS) is 11.5. The molecule has 114 valence electrons. The standard InChI is InChI=1S/C21H13BrN2/c22-14-10-11-16-18(12-14)24-21-19(13-6-2-1-3-7-13)15-8-4-5-9-17(15)23-20(16)21/h1-12,23H. The van der Waals surface area contributed by atoms with Gasteiger partial charge in [-0.2, -0.15) is 0 Å². The summed E-state index contributed by atoms with van der Waals surface area (Å²) in [5, 5.41) is 2.34. The van der Waals surface area contributed by atoms with E-state index in [0.717, 1.165) is 32.3 Å². The molecule has 2 aliphatic heterocycles. The molecule has 2 aliphatic rings. The Bertz CT molecular complexity index is 1160. The summed E-state index contributed by atoms with van der Waals surface area (Å²) in [6, 6.07) is 25.2. The lowest BCUT2D eigenvalue weighted by Crippen LogP contribution is -1.92. The van der Waals surface area contributed by atoms with Crippen LogP contribution in [-0.2, 0) is 0 Å². The molecule has 2 nitrogen and oxygen atoms in total. The summed E-state index contributed by atoms with van der Waals surface area (Å²) in [5.74, 6) is 0. The molecule has 0 atom stereocenters. The van der Waals surface area contributed by atoms with E-state index in [4.69, 9.17) is 4.98 Å². The maximum absolute atomic E-state index is 4.94. The van der Waals surface area contributed by atoms with Gasteiger partial charge in [0.05, 0.1) is 16.9 Å². The zero-order chi connectivity index (χ0) is 16.1. The van der Waals surface area contributed by atoms with Gasteiger partial charge in [0.1, 0.15) is 0 Å². The van der Waals surface area contributed by atoms with Gasteiger partial charge >= 0.3 is 0 Å². The number of hydrogen-bond donors (Lipinski definition) is 1. The summed E-state index contributed by atoms with van der Waals surface area (Å²) in [7, 11) is 0. The molecule has 0 saturated carbocycles. The lowest BCUT2D eigenvalue weighted by molar-refractivity contribution is 1.37. The Morgan fingerprint density at radius 2 is 1.58 bits per heavy atom. The van der Waals surface area contributed by atoms with Crippen LogP contribution in [0.1, 0.15) is 0 Å². The molecule has 3 aromatic rings. The minimum atomic E-state index is 1.00. The minimum Gasteiger partial charge on any atom is -0.353 e. The van der Waals surface area contributed by atoms with E-state index in [2.05, 4.69) is 87.6 Å². The topological polar surface area (TPSA) is 28.7 Å². The van der Waals surface area contributed by atoms with Gasteiger partial charge in [-0.3, -0.25) is 0 Å². The van der Waals surface area contributed by atoms with E-state index in [1.165, 1.54) is 16.5 Å². The fourth-order valence-electron chi connectivity index (χ4n) is 3.39. The molecule has 0 spiro atoms. The van der Waals surface area contributed by atoms with Crippen molar-refractivity contribution in [3.8, 4) is 22.5 Å². The maximum atomic E-state index is 4.94. The van der Waals surface area contributed by atoms with Gasteiger partial charge in [-0.1, -0.05) is 64.5 Å². The molecule has 0 radical (unpaired) electrons. The van der Waals surface area contributed by atoms with Crippen molar-refractivity contribution in [2.45, 2.75) is 0 Å². The number of aromatic amines is 1. The van der Waals surface area contributed by atoms with Gasteiger partial charge in [-0.15, -0.1) is 0 Å². The van der Waals surface area contributed by atoms with Crippen LogP contribution in [0.4, 0.5) is 0 Å². The van der Waals surface area contributed by atoms with E-state index in [-0.39, 0.29) is 0 Å². The highest BCUT2D eigenvalue weighted by Gasteiger charge is 2.20. The number of pyridine rings is 1. The second-order valence-corrected chi connectivity index (χ2v) is 6.82. The van der Waals surface area contributed by atoms with Crippen molar-refractivity contribution in [2.75, 3.05) is 0 Å². The average molecular weight is 373 g/mol. The van der Waals surface area contributed by atoms with E-state index in [9.17, 15) is 0 Å². The Balaban J connectivity index is 2.00. The summed E-state index contributed by atoms with van der Waals surface area (Å²) in [5.41, 5.74) is 6.62. The molecule has 0 amide bonds. The molecular formula is C21H13BrN2. The number of aromatic nitrogens is 2. The molecule has 3 heteroatoms. The number of rotatable bonds is 1. The Labute approximate surface area is 147 Å². The SMILES string of the molecule is Brc1ccc2c3[nH]c4ccccc4c(-c4ccccc4)c-3nc2c1. The number of benzene rings is 3. The van der Waals surface area contributed by atoms with Crippen LogP contribution in [0.3, 0.4) is 0 Å². The van der Waals surface area contributed by atoms with Crippen LogP contribution in [-0.4, -0.2) is 9.97 Å². The van der Waals surface area contributed by atoms with Crippen molar-refractivity contribution in [3.05, 3.63) is 77.3 Å². The molecular weight excluding hydrogens is 360 g/mol. The molecule has 0 aromatic heterocycles. The fraction of sp³-hybridized carbons (Fsp3) is 0. The van der Waals surface area contributed by atoms with E-state index in [1.807, 2.05) is 6.07 Å². The first-order chi connectivity index (χ1) is 11.8. The zero-order valence-electron chi connectivity index (χ0n) is 12.8. The van der Waals surface area contributed by atoms with Crippen molar-refractivity contribution in [2.24, 2.45) is 0 Å². The van der Waals surface area contributed by atoms with Gasteiger partial charge in [0.15, 0.2) is 0 Å². The molecule has 3 aromatic carbocycles. The third-order valence-electron chi connectivity index (χ3n) is 4.45. The highest BCUT2D eigenvalue weighted by Crippen LogP contribution is 2.41. The predicted octanol–water partition coefficient (Wildman–Crippen LogP) is 6.25. The first-order valence-electron chi connectivity index (χ1n) is 7.86. The minimum absolute atomic E-state index is 1.00. The van der Waals surface area contributed by atoms with E-state index in [1.54, 1.807) is 0 Å². The number of para-hydroxylation sites is 1. The Kier molecular flexibility index (Phi) is 2.97. The highest BCUT2D eigenvalue weighted by molar-refractivity contribution is 9.10. The highest BCUT2D eigenvalue weighted by atomic mass is 79.9. The molecule has 0 saturated heterocycles. The fourth-order valence-corrected chi connectivity index (χ4v) is 3.74. The van der Waals surface area contributed by atoms with Crippen molar-refractivity contribution >= 4 is 37.7 Å². The number of H-pyrrole nitrogens is 1. The second kappa shape index (κ2) is 5.18. The zero-order valence-corrected chi connectivity index (χ0v) is 14.3. The maximum Gasteiger partial charge on any atom is 0.0964 e. The monoisotopic (exact) mass is 372 g/mol. The van der Waals surface area contributed by atoms with Gasteiger partial charge in [0, 0.05) is 26.3 Å². The predicted molar refractivity (Wildman–Crippen MR) is 103 cm³/mol. The Morgan fingerprint density at radius 3 is 2.46 bits per heavy atom. The molecule has 5 rings (SSSR count). The molecule has 1 N–H and O–H groups in total. The molecule has 0 aliphatic carbocycles. The van der Waals surface area contributed by atoms with Crippen LogP contribution >= 0.6 is 15.9 Å². The summed E-state index contributed by atoms with van der Waals surface area (Å²) in [4.78, 5) is 8.53. The van der Waals surface area contributed by atoms with Crippen LogP contribution in [0.5, 0.6) is 0 Å². The molecule has 24 heavy (non-hydrogen) atoms. The van der Waals surface area contributed by atoms with Crippen LogP contribution in [0, 0.1) is 0 Å². The van der Waals surface area contributed by atoms with E-state index < -0.39 is 0 Å². The molecule has 0 fully saturated rings. The van der Waals surface area contributed by atoms with Crippen LogP contribution in [0.25, 0.3) is 44.3 Å². The molecule has 0 unspecified atom stereocenters. The first kappa shape index (κ1) is 13.8. The lowest BCUT2D eigenvalue weighted by Gasteiger charge is -2.12. The number of nitrogens with zero attached hydrogens (tertiary/aromatic N) is 1. The van der Waals surface area contributed by atoms with Crippen LogP contribution in [0.2, 0.25) is 0 Å². The molecule has 2 heterocycles. The number of halogens is 1. The first-order valence-corrected chi connectivity index (χ1v) is 8.66. The van der Waals surface area contributed by atoms with Crippen molar-refractivity contribution in [1.82, 2.24) is 9.97 Å². The van der Waals surface area contributed by atoms with Crippen molar-refractivity contribution < 1.29 is 0 Å². The number of nitrogens with one attached hydrogen (secondary N) is 1. The summed E-state index contributed by atoms with van der Waals surface area (Å²) in [6.45, 7) is 0. The van der Waals surface area contributed by atoms with Gasteiger partial charge in [-0.05, 0) is 29.8 Å². The largest absolute Gasteiger partial charge is 0.353 e. The van der Waals surface area contributed by atoms with Crippen LogP contribution in [0.15, 0.2) is 77.3 Å². The summed E-state index contributed by atoms with van der Waals surface area (Å²) < 4.78 is 1.05. The summed E-state index contributed by atoms with van der Waals surface area (Å²) >= 11 is 3.55. The smallest absolute Gasteiger partial charge is 0.0964 e.